The van der Waals surface area contributed by atoms with Crippen LogP contribution in [0.1, 0.15) is 34.7 Å². The van der Waals surface area contributed by atoms with Crippen molar-refractivity contribution in [2.45, 2.75) is 38.8 Å². The number of thiazole rings is 1. The van der Waals surface area contributed by atoms with Crippen LogP contribution in [-0.2, 0) is 25.9 Å². The van der Waals surface area contributed by atoms with E-state index in [4.69, 9.17) is 4.98 Å². The fourth-order valence-electron chi connectivity index (χ4n) is 2.37. The maximum absolute atomic E-state index is 4.76. The standard InChI is InChI=1S/C14H17N3S/c1-2-4-14-11(3-1)5-6-12(17-14)7-15-8-13-9-16-10-18-13/h5-6,9-10,15H,1-4,7-8H2. The summed E-state index contributed by atoms with van der Waals surface area (Å²) in [5.41, 5.74) is 5.79. The third kappa shape index (κ3) is 2.76. The molecule has 0 atom stereocenters. The fourth-order valence-corrected chi connectivity index (χ4v) is 2.93. The average molecular weight is 259 g/mol. The molecular weight excluding hydrogens is 242 g/mol. The lowest BCUT2D eigenvalue weighted by Gasteiger charge is -2.15. The summed E-state index contributed by atoms with van der Waals surface area (Å²) in [6.45, 7) is 1.72. The first kappa shape index (κ1) is 11.8. The molecule has 0 saturated carbocycles. The Hall–Kier alpha value is -1.26. The van der Waals surface area contributed by atoms with Crippen LogP contribution in [0, 0.1) is 0 Å². The number of aromatic nitrogens is 2. The zero-order valence-electron chi connectivity index (χ0n) is 10.4. The largest absolute Gasteiger partial charge is 0.306 e. The molecule has 1 aliphatic carbocycles. The van der Waals surface area contributed by atoms with Gasteiger partial charge in [-0.1, -0.05) is 6.07 Å². The van der Waals surface area contributed by atoms with Crippen molar-refractivity contribution in [3.05, 3.63) is 45.7 Å². The van der Waals surface area contributed by atoms with Gasteiger partial charge in [0.05, 0.1) is 11.2 Å². The van der Waals surface area contributed by atoms with Crippen LogP contribution in [0.2, 0.25) is 0 Å². The van der Waals surface area contributed by atoms with Crippen molar-refractivity contribution in [1.29, 1.82) is 0 Å². The van der Waals surface area contributed by atoms with E-state index in [1.165, 1.54) is 35.4 Å². The van der Waals surface area contributed by atoms with E-state index >= 15 is 0 Å². The average Bonchev–Trinajstić information content (AvgIpc) is 2.92. The Morgan fingerprint density at radius 2 is 2.11 bits per heavy atom. The molecule has 0 radical (unpaired) electrons. The van der Waals surface area contributed by atoms with Crippen LogP contribution < -0.4 is 5.32 Å². The molecule has 2 aromatic heterocycles. The minimum absolute atomic E-state index is 0.838. The molecule has 3 rings (SSSR count). The summed E-state index contributed by atoms with van der Waals surface area (Å²) in [6, 6.07) is 4.41. The van der Waals surface area contributed by atoms with E-state index in [0.29, 0.717) is 0 Å². The van der Waals surface area contributed by atoms with Gasteiger partial charge in [-0.15, -0.1) is 11.3 Å². The highest BCUT2D eigenvalue weighted by atomic mass is 32.1. The van der Waals surface area contributed by atoms with E-state index in [9.17, 15) is 0 Å². The van der Waals surface area contributed by atoms with Crippen molar-refractivity contribution in [3.8, 4) is 0 Å². The Balaban J connectivity index is 1.59. The topological polar surface area (TPSA) is 37.8 Å². The SMILES string of the molecule is c1ncc(CNCc2ccc3c(n2)CCCC3)s1. The van der Waals surface area contributed by atoms with Crippen LogP contribution in [-0.4, -0.2) is 9.97 Å². The summed E-state index contributed by atoms with van der Waals surface area (Å²) in [5, 5.41) is 3.42. The zero-order valence-corrected chi connectivity index (χ0v) is 11.2. The van der Waals surface area contributed by atoms with Crippen LogP contribution in [0.15, 0.2) is 23.8 Å². The molecule has 0 bridgehead atoms. The van der Waals surface area contributed by atoms with Crippen LogP contribution in [0.3, 0.4) is 0 Å². The Bertz CT molecular complexity index is 508. The Morgan fingerprint density at radius 3 is 3.00 bits per heavy atom. The lowest BCUT2D eigenvalue weighted by atomic mass is 9.96. The number of fused-ring (bicyclic) bond motifs is 1. The van der Waals surface area contributed by atoms with Gasteiger partial charge in [-0.05, 0) is 37.3 Å². The smallest absolute Gasteiger partial charge is 0.0794 e. The second kappa shape index (κ2) is 5.59. The van der Waals surface area contributed by atoms with E-state index in [2.05, 4.69) is 22.4 Å². The number of rotatable bonds is 4. The van der Waals surface area contributed by atoms with Gasteiger partial charge < -0.3 is 5.32 Å². The molecule has 3 nitrogen and oxygen atoms in total. The van der Waals surface area contributed by atoms with Gasteiger partial charge in [0.2, 0.25) is 0 Å². The van der Waals surface area contributed by atoms with Crippen molar-refractivity contribution in [3.63, 3.8) is 0 Å². The van der Waals surface area contributed by atoms with Crippen molar-refractivity contribution >= 4 is 11.3 Å². The maximum atomic E-state index is 4.76. The lowest BCUT2D eigenvalue weighted by molar-refractivity contribution is 0.645. The molecule has 2 aromatic rings. The van der Waals surface area contributed by atoms with Gasteiger partial charge in [0.25, 0.3) is 0 Å². The van der Waals surface area contributed by atoms with Gasteiger partial charge in [-0.25, -0.2) is 0 Å². The number of pyridine rings is 1. The third-order valence-corrected chi connectivity index (χ3v) is 4.10. The summed E-state index contributed by atoms with van der Waals surface area (Å²) >= 11 is 1.69. The molecule has 0 aromatic carbocycles. The maximum Gasteiger partial charge on any atom is 0.0794 e. The fraction of sp³-hybridized carbons (Fsp3) is 0.429. The quantitative estimate of drug-likeness (QED) is 0.917. The minimum atomic E-state index is 0.838. The van der Waals surface area contributed by atoms with E-state index in [-0.39, 0.29) is 0 Å². The minimum Gasteiger partial charge on any atom is -0.306 e. The predicted molar refractivity (Wildman–Crippen MR) is 73.5 cm³/mol. The Labute approximate surface area is 111 Å². The molecule has 0 fully saturated rings. The lowest BCUT2D eigenvalue weighted by Crippen LogP contribution is -2.15. The van der Waals surface area contributed by atoms with E-state index in [1.54, 1.807) is 11.3 Å². The first-order chi connectivity index (χ1) is 8.92. The van der Waals surface area contributed by atoms with Gasteiger partial charge >= 0.3 is 0 Å². The summed E-state index contributed by atoms with van der Waals surface area (Å²) in [4.78, 5) is 10.1. The van der Waals surface area contributed by atoms with Crippen molar-refractivity contribution < 1.29 is 0 Å². The summed E-state index contributed by atoms with van der Waals surface area (Å²) < 4.78 is 0. The number of nitrogens with one attached hydrogen (secondary N) is 1. The molecule has 18 heavy (non-hydrogen) atoms. The highest BCUT2D eigenvalue weighted by Crippen LogP contribution is 2.19. The number of nitrogens with zero attached hydrogens (tertiary/aromatic N) is 2. The number of hydrogen-bond acceptors (Lipinski definition) is 4. The molecule has 94 valence electrons. The summed E-state index contributed by atoms with van der Waals surface area (Å²) in [5.74, 6) is 0. The number of aryl methyl sites for hydroxylation is 2. The molecule has 0 spiro atoms. The van der Waals surface area contributed by atoms with Gasteiger partial charge in [0.1, 0.15) is 0 Å². The second-order valence-corrected chi connectivity index (χ2v) is 5.66. The second-order valence-electron chi connectivity index (χ2n) is 4.69. The highest BCUT2D eigenvalue weighted by Gasteiger charge is 2.10. The number of hydrogen-bond donors (Lipinski definition) is 1. The Morgan fingerprint density at radius 1 is 1.17 bits per heavy atom. The van der Waals surface area contributed by atoms with Crippen LogP contribution in [0.4, 0.5) is 0 Å². The van der Waals surface area contributed by atoms with Gasteiger partial charge in [-0.2, -0.15) is 0 Å². The molecule has 0 amide bonds. The van der Waals surface area contributed by atoms with Crippen molar-refractivity contribution in [2.75, 3.05) is 0 Å². The highest BCUT2D eigenvalue weighted by molar-refractivity contribution is 7.09. The van der Waals surface area contributed by atoms with Crippen molar-refractivity contribution in [2.24, 2.45) is 0 Å². The van der Waals surface area contributed by atoms with Crippen LogP contribution in [0.5, 0.6) is 0 Å². The normalized spacial score (nSPS) is 14.4. The molecule has 0 aliphatic heterocycles. The van der Waals surface area contributed by atoms with Crippen LogP contribution >= 0.6 is 11.3 Å². The first-order valence-electron chi connectivity index (χ1n) is 6.47. The molecule has 1 N–H and O–H groups in total. The van der Waals surface area contributed by atoms with E-state index in [0.717, 1.165) is 25.2 Å². The summed E-state index contributed by atoms with van der Waals surface area (Å²) in [7, 11) is 0. The molecule has 1 aliphatic rings. The van der Waals surface area contributed by atoms with E-state index < -0.39 is 0 Å². The summed E-state index contributed by atoms with van der Waals surface area (Å²) in [6.07, 6.45) is 6.88. The van der Waals surface area contributed by atoms with Crippen LogP contribution in [0.25, 0.3) is 0 Å². The molecular formula is C14H17N3S. The van der Waals surface area contributed by atoms with E-state index in [1.807, 2.05) is 11.7 Å². The van der Waals surface area contributed by atoms with Gasteiger partial charge in [0, 0.05) is 29.9 Å². The van der Waals surface area contributed by atoms with Crippen molar-refractivity contribution in [1.82, 2.24) is 15.3 Å². The molecule has 0 saturated heterocycles. The molecule has 2 heterocycles. The predicted octanol–water partition coefficient (Wildman–Crippen LogP) is 2.71. The molecule has 0 unspecified atom stereocenters. The van der Waals surface area contributed by atoms with Gasteiger partial charge in [-0.3, -0.25) is 9.97 Å². The monoisotopic (exact) mass is 259 g/mol. The first-order valence-corrected chi connectivity index (χ1v) is 7.35. The Kier molecular flexibility index (Phi) is 3.67. The molecule has 4 heteroatoms. The van der Waals surface area contributed by atoms with Gasteiger partial charge in [0.15, 0.2) is 0 Å². The zero-order chi connectivity index (χ0) is 12.2. The third-order valence-electron chi connectivity index (χ3n) is 3.32.